The molecule has 19 heavy (non-hydrogen) atoms. The minimum atomic E-state index is -1.08. The number of amides is 3. The van der Waals surface area contributed by atoms with Gasteiger partial charge in [0, 0.05) is 11.3 Å². The fourth-order valence-corrected chi connectivity index (χ4v) is 1.43. The van der Waals surface area contributed by atoms with Crippen LogP contribution in [0.15, 0.2) is 24.3 Å². The van der Waals surface area contributed by atoms with Crippen molar-refractivity contribution in [2.45, 2.75) is 19.4 Å². The van der Waals surface area contributed by atoms with E-state index in [2.05, 4.69) is 10.6 Å². The molecule has 0 bridgehead atoms. The number of aliphatic carboxylic acids is 1. The van der Waals surface area contributed by atoms with Gasteiger partial charge < -0.3 is 21.5 Å². The molecule has 0 saturated carbocycles. The maximum absolute atomic E-state index is 11.8. The number of rotatable bonds is 5. The smallest absolute Gasteiger partial charge is 0.326 e. The predicted molar refractivity (Wildman–Crippen MR) is 68.8 cm³/mol. The number of nitrogens with one attached hydrogen (secondary N) is 2. The van der Waals surface area contributed by atoms with Crippen LogP contribution in [0.2, 0.25) is 0 Å². The number of hydrogen-bond donors (Lipinski definition) is 4. The summed E-state index contributed by atoms with van der Waals surface area (Å²) in [4.78, 5) is 33.2. The van der Waals surface area contributed by atoms with Gasteiger partial charge in [0.1, 0.15) is 6.04 Å². The zero-order chi connectivity index (χ0) is 14.4. The number of anilines is 1. The number of carboxylic acids is 1. The molecule has 0 fully saturated rings. The Morgan fingerprint density at radius 1 is 1.26 bits per heavy atom. The average molecular weight is 265 g/mol. The highest BCUT2D eigenvalue weighted by Gasteiger charge is 2.18. The Labute approximate surface area is 109 Å². The van der Waals surface area contributed by atoms with Crippen LogP contribution in [0.5, 0.6) is 0 Å². The highest BCUT2D eigenvalue weighted by Crippen LogP contribution is 2.09. The maximum Gasteiger partial charge on any atom is 0.326 e. The van der Waals surface area contributed by atoms with E-state index in [0.717, 1.165) is 0 Å². The van der Waals surface area contributed by atoms with Crippen molar-refractivity contribution >= 4 is 23.6 Å². The van der Waals surface area contributed by atoms with Gasteiger partial charge in [-0.3, -0.25) is 4.79 Å². The number of urea groups is 1. The molecule has 0 aromatic heterocycles. The van der Waals surface area contributed by atoms with Gasteiger partial charge in [0.2, 0.25) is 0 Å². The Bertz CT molecular complexity index is 484. The molecule has 0 spiro atoms. The molecule has 0 aliphatic rings. The normalized spacial score (nSPS) is 11.4. The molecule has 0 unspecified atom stereocenters. The van der Waals surface area contributed by atoms with Crippen LogP contribution in [0, 0.1) is 0 Å². The second kappa shape index (κ2) is 6.39. The van der Waals surface area contributed by atoms with Crippen LogP contribution in [-0.4, -0.2) is 29.1 Å². The summed E-state index contributed by atoms with van der Waals surface area (Å²) in [5, 5.41) is 13.6. The largest absolute Gasteiger partial charge is 0.480 e. The SMILES string of the molecule is CC[C@H](NC(=O)c1ccc(NC(N)=O)cc1)C(=O)O. The molecule has 1 aromatic carbocycles. The molecule has 0 aliphatic carbocycles. The fraction of sp³-hybridized carbons (Fsp3) is 0.250. The van der Waals surface area contributed by atoms with Crippen LogP contribution >= 0.6 is 0 Å². The summed E-state index contributed by atoms with van der Waals surface area (Å²) in [6.45, 7) is 1.67. The van der Waals surface area contributed by atoms with Gasteiger partial charge in [0.05, 0.1) is 0 Å². The Balaban J connectivity index is 2.72. The lowest BCUT2D eigenvalue weighted by atomic mass is 10.1. The van der Waals surface area contributed by atoms with Crippen LogP contribution in [0.1, 0.15) is 23.7 Å². The lowest BCUT2D eigenvalue weighted by Crippen LogP contribution is -2.40. The highest BCUT2D eigenvalue weighted by atomic mass is 16.4. The summed E-state index contributed by atoms with van der Waals surface area (Å²) in [6.07, 6.45) is 0.294. The van der Waals surface area contributed by atoms with Crippen molar-refractivity contribution in [3.05, 3.63) is 29.8 Å². The van der Waals surface area contributed by atoms with Gasteiger partial charge >= 0.3 is 12.0 Å². The summed E-state index contributed by atoms with van der Waals surface area (Å²) in [5.74, 6) is -1.57. The van der Waals surface area contributed by atoms with E-state index in [0.29, 0.717) is 17.7 Å². The molecular weight excluding hydrogens is 250 g/mol. The lowest BCUT2D eigenvalue weighted by molar-refractivity contribution is -0.139. The molecule has 1 atom stereocenters. The average Bonchev–Trinajstić information content (AvgIpc) is 2.35. The number of hydrogen-bond acceptors (Lipinski definition) is 3. The minimum absolute atomic E-state index is 0.294. The van der Waals surface area contributed by atoms with E-state index in [4.69, 9.17) is 10.8 Å². The van der Waals surface area contributed by atoms with E-state index in [1.54, 1.807) is 6.92 Å². The topological polar surface area (TPSA) is 122 Å². The zero-order valence-electron chi connectivity index (χ0n) is 10.3. The van der Waals surface area contributed by atoms with Crippen molar-refractivity contribution in [3.63, 3.8) is 0 Å². The van der Waals surface area contributed by atoms with E-state index < -0.39 is 23.9 Å². The molecule has 102 valence electrons. The number of benzene rings is 1. The predicted octanol–water partition coefficient (Wildman–Crippen LogP) is 0.770. The van der Waals surface area contributed by atoms with Crippen molar-refractivity contribution in [1.82, 2.24) is 5.32 Å². The fourth-order valence-electron chi connectivity index (χ4n) is 1.43. The van der Waals surface area contributed by atoms with Gasteiger partial charge in [-0.25, -0.2) is 9.59 Å². The zero-order valence-corrected chi connectivity index (χ0v) is 10.3. The molecule has 0 radical (unpaired) electrons. The number of primary amides is 1. The molecule has 1 rings (SSSR count). The van der Waals surface area contributed by atoms with Crippen LogP contribution in [0.25, 0.3) is 0 Å². The first kappa shape index (κ1) is 14.5. The van der Waals surface area contributed by atoms with Gasteiger partial charge in [0.25, 0.3) is 5.91 Å². The van der Waals surface area contributed by atoms with E-state index in [1.165, 1.54) is 24.3 Å². The third-order valence-electron chi connectivity index (χ3n) is 2.43. The number of carboxylic acid groups (broad SMARTS) is 1. The van der Waals surface area contributed by atoms with Crippen LogP contribution in [0.3, 0.4) is 0 Å². The first-order chi connectivity index (χ1) is 8.93. The molecule has 0 aliphatic heterocycles. The molecule has 1 aromatic rings. The van der Waals surface area contributed by atoms with Gasteiger partial charge in [-0.1, -0.05) is 6.92 Å². The third kappa shape index (κ3) is 4.30. The van der Waals surface area contributed by atoms with E-state index in [1.807, 2.05) is 0 Å². The Hall–Kier alpha value is -2.57. The van der Waals surface area contributed by atoms with Crippen molar-refractivity contribution < 1.29 is 19.5 Å². The quantitative estimate of drug-likeness (QED) is 0.628. The minimum Gasteiger partial charge on any atom is -0.480 e. The molecule has 3 amide bonds. The van der Waals surface area contributed by atoms with Crippen LogP contribution in [-0.2, 0) is 4.79 Å². The van der Waals surface area contributed by atoms with Gasteiger partial charge in [-0.15, -0.1) is 0 Å². The monoisotopic (exact) mass is 265 g/mol. The number of carbonyl (C=O) groups is 3. The molecule has 0 saturated heterocycles. The van der Waals surface area contributed by atoms with Crippen molar-refractivity contribution in [1.29, 1.82) is 0 Å². The lowest BCUT2D eigenvalue weighted by Gasteiger charge is -2.12. The molecule has 0 heterocycles. The second-order valence-electron chi connectivity index (χ2n) is 3.84. The summed E-state index contributed by atoms with van der Waals surface area (Å²) < 4.78 is 0. The number of carbonyl (C=O) groups excluding carboxylic acids is 2. The summed E-state index contributed by atoms with van der Waals surface area (Å²) in [7, 11) is 0. The Morgan fingerprint density at radius 2 is 1.84 bits per heavy atom. The molecule has 7 heteroatoms. The van der Waals surface area contributed by atoms with Crippen molar-refractivity contribution in [2.75, 3.05) is 5.32 Å². The maximum atomic E-state index is 11.8. The standard InChI is InChI=1S/C12H15N3O4/c1-2-9(11(17)18)15-10(16)7-3-5-8(6-4-7)14-12(13)19/h3-6,9H,2H2,1H3,(H,15,16)(H,17,18)(H3,13,14,19)/t9-/m0/s1. The molecule has 5 N–H and O–H groups in total. The Kier molecular flexibility index (Phi) is 4.87. The summed E-state index contributed by atoms with van der Waals surface area (Å²) in [6, 6.07) is 4.32. The first-order valence-electron chi connectivity index (χ1n) is 5.64. The molecular formula is C12H15N3O4. The number of nitrogens with two attached hydrogens (primary N) is 1. The van der Waals surface area contributed by atoms with Gasteiger partial charge in [-0.2, -0.15) is 0 Å². The highest BCUT2D eigenvalue weighted by molar-refractivity contribution is 5.97. The van der Waals surface area contributed by atoms with E-state index in [-0.39, 0.29) is 0 Å². The third-order valence-corrected chi connectivity index (χ3v) is 2.43. The van der Waals surface area contributed by atoms with Gasteiger partial charge in [0.15, 0.2) is 0 Å². The Morgan fingerprint density at radius 3 is 2.26 bits per heavy atom. The first-order valence-corrected chi connectivity index (χ1v) is 5.64. The second-order valence-corrected chi connectivity index (χ2v) is 3.84. The summed E-state index contributed by atoms with van der Waals surface area (Å²) in [5.41, 5.74) is 5.70. The van der Waals surface area contributed by atoms with Crippen LogP contribution < -0.4 is 16.4 Å². The van der Waals surface area contributed by atoms with Crippen molar-refractivity contribution in [3.8, 4) is 0 Å². The van der Waals surface area contributed by atoms with E-state index in [9.17, 15) is 14.4 Å². The van der Waals surface area contributed by atoms with Crippen molar-refractivity contribution in [2.24, 2.45) is 5.73 Å². The van der Waals surface area contributed by atoms with Crippen LogP contribution in [0.4, 0.5) is 10.5 Å². The van der Waals surface area contributed by atoms with Gasteiger partial charge in [-0.05, 0) is 30.7 Å². The van der Waals surface area contributed by atoms with E-state index >= 15 is 0 Å². The summed E-state index contributed by atoms with van der Waals surface area (Å²) >= 11 is 0. The molecule has 7 nitrogen and oxygen atoms in total.